The molecule has 14 heavy (non-hydrogen) atoms. The van der Waals surface area contributed by atoms with Crippen LogP contribution in [-0.4, -0.2) is 0 Å². The predicted molar refractivity (Wildman–Crippen MR) is 64.2 cm³/mol. The second-order valence-electron chi connectivity index (χ2n) is 5.18. The summed E-state index contributed by atoms with van der Waals surface area (Å²) in [6.45, 7) is 9.43. The lowest BCUT2D eigenvalue weighted by Gasteiger charge is -2.45. The zero-order valence-electron chi connectivity index (χ0n) is 10.5. The molecule has 1 saturated carbocycles. The first-order valence-corrected chi connectivity index (χ1v) is 6.50. The van der Waals surface area contributed by atoms with Crippen LogP contribution in [0.1, 0.15) is 72.6 Å². The van der Waals surface area contributed by atoms with Crippen molar-refractivity contribution in [3.8, 4) is 0 Å². The van der Waals surface area contributed by atoms with E-state index in [2.05, 4.69) is 34.1 Å². The first kappa shape index (κ1) is 12.1. The van der Waals surface area contributed by atoms with Crippen LogP contribution in [0.2, 0.25) is 0 Å². The number of rotatable bonds is 4. The highest BCUT2D eigenvalue weighted by atomic mass is 14.4. The SMILES string of the molecule is CCC1(CC)[CH]CC(CC)(CC)CC1. The van der Waals surface area contributed by atoms with Crippen molar-refractivity contribution in [3.63, 3.8) is 0 Å². The van der Waals surface area contributed by atoms with Crippen molar-refractivity contribution in [2.75, 3.05) is 0 Å². The summed E-state index contributed by atoms with van der Waals surface area (Å²) in [5.74, 6) is 0. The maximum Gasteiger partial charge on any atom is -0.0271 e. The van der Waals surface area contributed by atoms with E-state index in [1.807, 2.05) is 0 Å². The predicted octanol–water partition coefficient (Wildman–Crippen LogP) is 4.99. The summed E-state index contributed by atoms with van der Waals surface area (Å²) < 4.78 is 0. The van der Waals surface area contributed by atoms with Crippen LogP contribution in [0.4, 0.5) is 0 Å². The molecule has 0 unspecified atom stereocenters. The Balaban J connectivity index is 2.59. The van der Waals surface area contributed by atoms with E-state index in [-0.39, 0.29) is 0 Å². The van der Waals surface area contributed by atoms with E-state index in [1.54, 1.807) is 0 Å². The summed E-state index contributed by atoms with van der Waals surface area (Å²) in [4.78, 5) is 0. The van der Waals surface area contributed by atoms with Crippen molar-refractivity contribution < 1.29 is 0 Å². The van der Waals surface area contributed by atoms with Gasteiger partial charge in [-0.15, -0.1) is 0 Å². The molecule has 0 aliphatic heterocycles. The molecule has 0 aromatic heterocycles. The van der Waals surface area contributed by atoms with Crippen LogP contribution < -0.4 is 0 Å². The minimum absolute atomic E-state index is 0.591. The molecule has 0 bridgehead atoms. The summed E-state index contributed by atoms with van der Waals surface area (Å²) in [5, 5.41) is 0. The van der Waals surface area contributed by atoms with E-state index in [0.29, 0.717) is 10.8 Å². The zero-order chi connectivity index (χ0) is 10.7. The second-order valence-corrected chi connectivity index (χ2v) is 5.18. The molecule has 0 heterocycles. The van der Waals surface area contributed by atoms with Crippen LogP contribution in [0.5, 0.6) is 0 Å². The molecule has 0 N–H and O–H groups in total. The summed E-state index contributed by atoms with van der Waals surface area (Å²) >= 11 is 0. The lowest BCUT2D eigenvalue weighted by molar-refractivity contribution is 0.115. The van der Waals surface area contributed by atoms with Crippen LogP contribution in [0.3, 0.4) is 0 Å². The fourth-order valence-corrected chi connectivity index (χ4v) is 2.94. The van der Waals surface area contributed by atoms with E-state index in [1.165, 1.54) is 44.9 Å². The van der Waals surface area contributed by atoms with Gasteiger partial charge in [0.1, 0.15) is 0 Å². The van der Waals surface area contributed by atoms with Crippen LogP contribution in [0, 0.1) is 17.3 Å². The third kappa shape index (κ3) is 2.15. The minimum atomic E-state index is 0.591. The van der Waals surface area contributed by atoms with Gasteiger partial charge < -0.3 is 0 Å². The van der Waals surface area contributed by atoms with Crippen molar-refractivity contribution in [2.24, 2.45) is 10.8 Å². The molecular formula is C14H27. The Bertz CT molecular complexity index is 129. The van der Waals surface area contributed by atoms with E-state index >= 15 is 0 Å². The molecule has 0 aromatic carbocycles. The van der Waals surface area contributed by atoms with Gasteiger partial charge in [0, 0.05) is 0 Å². The van der Waals surface area contributed by atoms with E-state index in [0.717, 1.165) is 0 Å². The smallest absolute Gasteiger partial charge is 0.0271 e. The Morgan fingerprint density at radius 1 is 0.857 bits per heavy atom. The lowest BCUT2D eigenvalue weighted by atomic mass is 9.60. The largest absolute Gasteiger partial charge is 0.0649 e. The van der Waals surface area contributed by atoms with Gasteiger partial charge in [0.05, 0.1) is 0 Å². The van der Waals surface area contributed by atoms with Crippen LogP contribution in [0.15, 0.2) is 0 Å². The maximum absolute atomic E-state index is 2.66. The second kappa shape index (κ2) is 4.68. The topological polar surface area (TPSA) is 0 Å². The zero-order valence-corrected chi connectivity index (χ0v) is 10.5. The average Bonchev–Trinajstić information content (AvgIpc) is 2.29. The lowest BCUT2D eigenvalue weighted by Crippen LogP contribution is -2.33. The normalized spacial score (nSPS) is 24.9. The van der Waals surface area contributed by atoms with E-state index in [9.17, 15) is 0 Å². The first-order valence-electron chi connectivity index (χ1n) is 6.50. The number of hydrogen-bond acceptors (Lipinski definition) is 0. The highest BCUT2D eigenvalue weighted by Crippen LogP contribution is 2.51. The van der Waals surface area contributed by atoms with Gasteiger partial charge in [0.2, 0.25) is 0 Å². The molecule has 0 aromatic rings. The minimum Gasteiger partial charge on any atom is -0.0649 e. The van der Waals surface area contributed by atoms with Crippen molar-refractivity contribution in [1.82, 2.24) is 0 Å². The summed E-state index contributed by atoms with van der Waals surface area (Å²) in [6.07, 6.45) is 12.3. The molecule has 1 radical (unpaired) electrons. The van der Waals surface area contributed by atoms with Gasteiger partial charge in [-0.25, -0.2) is 0 Å². The fourth-order valence-electron chi connectivity index (χ4n) is 2.94. The third-order valence-electron chi connectivity index (χ3n) is 5.03. The standard InChI is InChI=1S/C14H27/c1-5-13(6-2)9-11-14(7-3,8-4)12-10-13/h9H,5-8,10-12H2,1-4H3. The molecule has 1 fully saturated rings. The molecule has 83 valence electrons. The van der Waals surface area contributed by atoms with Gasteiger partial charge in [0.25, 0.3) is 0 Å². The maximum atomic E-state index is 2.66. The van der Waals surface area contributed by atoms with Gasteiger partial charge in [-0.1, -0.05) is 53.4 Å². The van der Waals surface area contributed by atoms with Gasteiger partial charge in [0.15, 0.2) is 0 Å². The molecule has 0 heteroatoms. The molecule has 1 rings (SSSR count). The van der Waals surface area contributed by atoms with E-state index < -0.39 is 0 Å². The van der Waals surface area contributed by atoms with Crippen molar-refractivity contribution in [2.45, 2.75) is 72.6 Å². The van der Waals surface area contributed by atoms with Crippen molar-refractivity contribution in [3.05, 3.63) is 6.42 Å². The molecular weight excluding hydrogens is 168 g/mol. The molecule has 0 amide bonds. The highest BCUT2D eigenvalue weighted by molar-refractivity contribution is 5.00. The monoisotopic (exact) mass is 195 g/mol. The Labute approximate surface area is 90.5 Å². The summed E-state index contributed by atoms with van der Waals surface area (Å²) in [7, 11) is 0. The Morgan fingerprint density at radius 3 is 1.71 bits per heavy atom. The fraction of sp³-hybridized carbons (Fsp3) is 0.929. The molecule has 0 saturated heterocycles. The molecule has 0 spiro atoms. The van der Waals surface area contributed by atoms with Crippen LogP contribution in [0.25, 0.3) is 0 Å². The first-order chi connectivity index (χ1) is 6.66. The molecule has 0 nitrogen and oxygen atoms in total. The Hall–Kier alpha value is 0. The van der Waals surface area contributed by atoms with Gasteiger partial charge >= 0.3 is 0 Å². The third-order valence-corrected chi connectivity index (χ3v) is 5.03. The number of hydrogen-bond donors (Lipinski definition) is 0. The Morgan fingerprint density at radius 2 is 1.43 bits per heavy atom. The van der Waals surface area contributed by atoms with Crippen LogP contribution >= 0.6 is 0 Å². The Kier molecular flexibility index (Phi) is 4.04. The summed E-state index contributed by atoms with van der Waals surface area (Å²) in [6, 6.07) is 0. The quantitative estimate of drug-likeness (QED) is 0.593. The summed E-state index contributed by atoms with van der Waals surface area (Å²) in [5.41, 5.74) is 1.25. The van der Waals surface area contributed by atoms with Crippen molar-refractivity contribution in [1.29, 1.82) is 0 Å². The highest BCUT2D eigenvalue weighted by Gasteiger charge is 2.38. The van der Waals surface area contributed by atoms with Gasteiger partial charge in [-0.05, 0) is 36.5 Å². The molecule has 0 atom stereocenters. The van der Waals surface area contributed by atoms with Gasteiger partial charge in [-0.3, -0.25) is 0 Å². The average molecular weight is 195 g/mol. The van der Waals surface area contributed by atoms with Crippen LogP contribution in [-0.2, 0) is 0 Å². The van der Waals surface area contributed by atoms with Gasteiger partial charge in [-0.2, -0.15) is 0 Å². The molecule has 1 aliphatic carbocycles. The van der Waals surface area contributed by atoms with E-state index in [4.69, 9.17) is 0 Å². The molecule has 1 aliphatic rings. The van der Waals surface area contributed by atoms with Crippen molar-refractivity contribution >= 4 is 0 Å².